The molecule has 0 bridgehead atoms. The minimum Gasteiger partial charge on any atom is -0.324 e. The highest BCUT2D eigenvalue weighted by atomic mass is 32.2. The third-order valence-electron chi connectivity index (χ3n) is 4.61. The van der Waals surface area contributed by atoms with Crippen molar-refractivity contribution in [1.29, 1.82) is 0 Å². The largest absolute Gasteiger partial charge is 0.416 e. The lowest BCUT2D eigenvalue weighted by molar-refractivity contribution is -0.137. The van der Waals surface area contributed by atoms with E-state index in [0.717, 1.165) is 38.8 Å². The molecule has 2 fully saturated rings. The molecular weight excluding hydrogens is 351 g/mol. The van der Waals surface area contributed by atoms with Gasteiger partial charge in [0.15, 0.2) is 0 Å². The molecule has 2 atom stereocenters. The van der Waals surface area contributed by atoms with Crippen LogP contribution < -0.4 is 5.32 Å². The number of carbonyl (C=O) groups excluding carboxylic acids is 1. The smallest absolute Gasteiger partial charge is 0.324 e. The van der Waals surface area contributed by atoms with E-state index in [1.807, 2.05) is 6.92 Å². The zero-order valence-electron chi connectivity index (χ0n) is 14.1. The summed E-state index contributed by atoms with van der Waals surface area (Å²) in [6.45, 7) is 6.82. The highest BCUT2D eigenvalue weighted by molar-refractivity contribution is 8.01. The molecule has 0 spiro atoms. The summed E-state index contributed by atoms with van der Waals surface area (Å²) in [7, 11) is 0. The van der Waals surface area contributed by atoms with Crippen molar-refractivity contribution in [3.63, 3.8) is 0 Å². The van der Waals surface area contributed by atoms with Gasteiger partial charge in [-0.05, 0) is 24.6 Å². The number of nitrogens with one attached hydrogen (secondary N) is 1. The fraction of sp³-hybridized carbons (Fsp3) is 0.588. The van der Waals surface area contributed by atoms with E-state index in [9.17, 15) is 18.0 Å². The number of hydrogen-bond acceptors (Lipinski definition) is 4. The zero-order chi connectivity index (χ0) is 18.0. The van der Waals surface area contributed by atoms with E-state index in [0.29, 0.717) is 12.1 Å². The molecular formula is C17H22F3N3OS. The Bertz CT molecular complexity index is 619. The highest BCUT2D eigenvalue weighted by Crippen LogP contribution is 2.43. The van der Waals surface area contributed by atoms with E-state index in [4.69, 9.17) is 0 Å². The second kappa shape index (κ2) is 7.55. The van der Waals surface area contributed by atoms with Crippen molar-refractivity contribution in [2.24, 2.45) is 0 Å². The number of thioether (sulfide) groups is 1. The molecule has 0 radical (unpaired) electrons. The van der Waals surface area contributed by atoms with E-state index < -0.39 is 11.7 Å². The van der Waals surface area contributed by atoms with E-state index in [1.165, 1.54) is 23.9 Å². The molecule has 0 aliphatic carbocycles. The van der Waals surface area contributed by atoms with Crippen LogP contribution in [-0.4, -0.2) is 60.2 Å². The highest BCUT2D eigenvalue weighted by Gasteiger charge is 2.39. The molecule has 4 nitrogen and oxygen atoms in total. The van der Waals surface area contributed by atoms with Crippen LogP contribution in [0.3, 0.4) is 0 Å². The second-order valence-electron chi connectivity index (χ2n) is 6.38. The standard InChI is InChI=1S/C17H22F3N3OS/c1-12-15(24)23(10-9-22-7-5-21-6-8-22)16(25-12)13-3-2-4-14(11-13)17(18,19)20/h2-4,11-12,16,21H,5-10H2,1H3/t12-,16+/m0/s1. The number of carbonyl (C=O) groups is 1. The van der Waals surface area contributed by atoms with Gasteiger partial charge in [-0.3, -0.25) is 9.69 Å². The lowest BCUT2D eigenvalue weighted by atomic mass is 10.1. The molecule has 0 aromatic heterocycles. The maximum Gasteiger partial charge on any atom is 0.416 e. The fourth-order valence-corrected chi connectivity index (χ4v) is 4.51. The molecule has 8 heteroatoms. The van der Waals surface area contributed by atoms with Gasteiger partial charge in [-0.15, -0.1) is 11.8 Å². The molecule has 25 heavy (non-hydrogen) atoms. The SMILES string of the molecule is C[C@@H]1S[C@H](c2cccc(C(F)(F)F)c2)N(CCN2CCNCC2)C1=O. The Balaban J connectivity index is 1.75. The summed E-state index contributed by atoms with van der Waals surface area (Å²) in [5, 5.41) is 2.69. The Kier molecular flexibility index (Phi) is 5.60. The monoisotopic (exact) mass is 373 g/mol. The van der Waals surface area contributed by atoms with Gasteiger partial charge in [0.2, 0.25) is 5.91 Å². The number of benzene rings is 1. The molecule has 2 heterocycles. The molecule has 2 aliphatic rings. The molecule has 1 N–H and O–H groups in total. The molecule has 2 saturated heterocycles. The van der Waals surface area contributed by atoms with Crippen LogP contribution >= 0.6 is 11.8 Å². The van der Waals surface area contributed by atoms with Gasteiger partial charge in [-0.25, -0.2) is 0 Å². The number of hydrogen-bond donors (Lipinski definition) is 1. The van der Waals surface area contributed by atoms with E-state index in [-0.39, 0.29) is 16.5 Å². The number of rotatable bonds is 4. The Hall–Kier alpha value is -1.25. The molecule has 0 unspecified atom stereocenters. The molecule has 1 amide bonds. The Morgan fingerprint density at radius 3 is 2.64 bits per heavy atom. The summed E-state index contributed by atoms with van der Waals surface area (Å²) in [4.78, 5) is 16.5. The predicted octanol–water partition coefficient (Wildman–Crippen LogP) is 2.57. The molecule has 1 aromatic carbocycles. The van der Waals surface area contributed by atoms with Crippen LogP contribution in [0.25, 0.3) is 0 Å². The average molecular weight is 373 g/mol. The van der Waals surface area contributed by atoms with Crippen molar-refractivity contribution in [1.82, 2.24) is 15.1 Å². The van der Waals surface area contributed by atoms with E-state index >= 15 is 0 Å². The van der Waals surface area contributed by atoms with Crippen molar-refractivity contribution in [2.75, 3.05) is 39.3 Å². The summed E-state index contributed by atoms with van der Waals surface area (Å²) in [5.41, 5.74) is -0.127. The third kappa shape index (κ3) is 4.30. The van der Waals surface area contributed by atoms with Crippen molar-refractivity contribution in [2.45, 2.75) is 23.7 Å². The molecule has 138 valence electrons. The zero-order valence-corrected chi connectivity index (χ0v) is 14.9. The van der Waals surface area contributed by atoms with E-state index in [1.54, 1.807) is 11.0 Å². The van der Waals surface area contributed by atoms with Crippen LogP contribution in [0.15, 0.2) is 24.3 Å². The van der Waals surface area contributed by atoms with Gasteiger partial charge in [0, 0.05) is 39.3 Å². The molecule has 2 aliphatic heterocycles. The predicted molar refractivity (Wildman–Crippen MR) is 92.3 cm³/mol. The number of halogens is 3. The normalized spacial score (nSPS) is 25.6. The number of alkyl halides is 3. The Labute approximate surface area is 149 Å². The van der Waals surface area contributed by atoms with Crippen LogP contribution in [0, 0.1) is 0 Å². The van der Waals surface area contributed by atoms with Crippen molar-refractivity contribution in [3.05, 3.63) is 35.4 Å². The Morgan fingerprint density at radius 1 is 1.24 bits per heavy atom. The third-order valence-corrected chi connectivity index (χ3v) is 6.01. The second-order valence-corrected chi connectivity index (χ2v) is 7.80. The van der Waals surface area contributed by atoms with Crippen LogP contribution in [-0.2, 0) is 11.0 Å². The van der Waals surface area contributed by atoms with Crippen LogP contribution in [0.5, 0.6) is 0 Å². The fourth-order valence-electron chi connectivity index (χ4n) is 3.21. The minimum atomic E-state index is -4.37. The Morgan fingerprint density at radius 2 is 1.96 bits per heavy atom. The van der Waals surface area contributed by atoms with Gasteiger partial charge < -0.3 is 10.2 Å². The number of piperazine rings is 1. The first kappa shape index (κ1) is 18.5. The number of nitrogens with zero attached hydrogens (tertiary/aromatic N) is 2. The summed E-state index contributed by atoms with van der Waals surface area (Å²) in [5.74, 6) is 0.00236. The first-order valence-corrected chi connectivity index (χ1v) is 9.37. The summed E-state index contributed by atoms with van der Waals surface area (Å²) < 4.78 is 39.0. The topological polar surface area (TPSA) is 35.6 Å². The maximum absolute atomic E-state index is 13.0. The lowest BCUT2D eigenvalue weighted by Crippen LogP contribution is -2.46. The molecule has 3 rings (SSSR count). The van der Waals surface area contributed by atoms with Crippen molar-refractivity contribution in [3.8, 4) is 0 Å². The minimum absolute atomic E-state index is 0.00236. The van der Waals surface area contributed by atoms with Gasteiger partial charge in [-0.2, -0.15) is 13.2 Å². The lowest BCUT2D eigenvalue weighted by Gasteiger charge is -2.31. The van der Waals surface area contributed by atoms with E-state index in [2.05, 4.69) is 10.2 Å². The maximum atomic E-state index is 13.0. The summed E-state index contributed by atoms with van der Waals surface area (Å²) in [6, 6.07) is 5.33. The first-order valence-electron chi connectivity index (χ1n) is 8.42. The van der Waals surface area contributed by atoms with Gasteiger partial charge >= 0.3 is 6.18 Å². The van der Waals surface area contributed by atoms with Crippen LogP contribution in [0.1, 0.15) is 23.4 Å². The van der Waals surface area contributed by atoms with Crippen LogP contribution in [0.2, 0.25) is 0 Å². The van der Waals surface area contributed by atoms with Crippen LogP contribution in [0.4, 0.5) is 13.2 Å². The summed E-state index contributed by atoms with van der Waals surface area (Å²) >= 11 is 1.42. The van der Waals surface area contributed by atoms with Crippen molar-refractivity contribution < 1.29 is 18.0 Å². The van der Waals surface area contributed by atoms with Gasteiger partial charge in [-0.1, -0.05) is 12.1 Å². The average Bonchev–Trinajstić information content (AvgIpc) is 2.88. The van der Waals surface area contributed by atoms with Crippen molar-refractivity contribution >= 4 is 17.7 Å². The molecule has 0 saturated carbocycles. The molecule has 1 aromatic rings. The quantitative estimate of drug-likeness (QED) is 0.880. The first-order chi connectivity index (χ1) is 11.9. The van der Waals surface area contributed by atoms with Gasteiger partial charge in [0.05, 0.1) is 10.8 Å². The van der Waals surface area contributed by atoms with Gasteiger partial charge in [0.25, 0.3) is 0 Å². The summed E-state index contributed by atoms with van der Waals surface area (Å²) in [6.07, 6.45) is -4.37. The number of amides is 1. The van der Waals surface area contributed by atoms with Gasteiger partial charge in [0.1, 0.15) is 5.37 Å².